The van der Waals surface area contributed by atoms with Crippen molar-refractivity contribution in [2.45, 2.75) is 18.8 Å². The van der Waals surface area contributed by atoms with Crippen LogP contribution in [-0.4, -0.2) is 42.6 Å². The molecule has 0 radical (unpaired) electrons. The van der Waals surface area contributed by atoms with Gasteiger partial charge in [0.05, 0.1) is 5.02 Å². The molecular weight excluding hydrogens is 416 g/mol. The summed E-state index contributed by atoms with van der Waals surface area (Å²) >= 11 is 6.28. The largest absolute Gasteiger partial charge is 0.353 e. The van der Waals surface area contributed by atoms with Crippen molar-refractivity contribution in [3.63, 3.8) is 0 Å². The molecule has 4 rings (SSSR count). The van der Waals surface area contributed by atoms with E-state index < -0.39 is 0 Å². The number of aromatic nitrogens is 1. The summed E-state index contributed by atoms with van der Waals surface area (Å²) in [7, 11) is 0. The molecule has 0 spiro atoms. The summed E-state index contributed by atoms with van der Waals surface area (Å²) < 4.78 is 26.8. The molecule has 162 valence electrons. The zero-order chi connectivity index (χ0) is 21.6. The highest BCUT2D eigenvalue weighted by molar-refractivity contribution is 6.32. The molecule has 0 bridgehead atoms. The number of piperazine rings is 1. The van der Waals surface area contributed by atoms with E-state index in [0.717, 1.165) is 62.5 Å². The molecule has 0 saturated carbocycles. The molecule has 0 atom stereocenters. The minimum Gasteiger partial charge on any atom is -0.353 e. The van der Waals surface area contributed by atoms with Gasteiger partial charge in [-0.05, 0) is 66.9 Å². The maximum absolute atomic E-state index is 13.4. The van der Waals surface area contributed by atoms with E-state index in [4.69, 9.17) is 11.6 Å². The lowest BCUT2D eigenvalue weighted by Crippen LogP contribution is -2.47. The molecule has 1 aliphatic heterocycles. The number of anilines is 1. The lowest BCUT2D eigenvalue weighted by Gasteiger charge is -2.36. The smallest absolute Gasteiger partial charge is 0.147 e. The molecule has 0 amide bonds. The Bertz CT molecular complexity index is 925. The Labute approximate surface area is 187 Å². The fraction of sp³-hybridized carbons (Fsp3) is 0.320. The number of halogens is 3. The van der Waals surface area contributed by atoms with Crippen LogP contribution < -0.4 is 4.90 Å². The minimum absolute atomic E-state index is 0.120. The summed E-state index contributed by atoms with van der Waals surface area (Å²) in [5.41, 5.74) is 2.12. The van der Waals surface area contributed by atoms with E-state index in [2.05, 4.69) is 14.8 Å². The first-order valence-corrected chi connectivity index (χ1v) is 11.1. The van der Waals surface area contributed by atoms with Gasteiger partial charge in [-0.25, -0.2) is 13.8 Å². The predicted molar refractivity (Wildman–Crippen MR) is 122 cm³/mol. The van der Waals surface area contributed by atoms with Gasteiger partial charge in [0, 0.05) is 38.3 Å². The van der Waals surface area contributed by atoms with Crippen molar-refractivity contribution in [2.24, 2.45) is 0 Å². The molecular formula is C25H26ClF2N3. The molecule has 2 aromatic carbocycles. The molecule has 3 nitrogen and oxygen atoms in total. The molecule has 6 heteroatoms. The molecule has 1 aromatic heterocycles. The van der Waals surface area contributed by atoms with Crippen molar-refractivity contribution in [1.82, 2.24) is 9.88 Å². The van der Waals surface area contributed by atoms with Crippen LogP contribution >= 0.6 is 11.6 Å². The van der Waals surface area contributed by atoms with Crippen LogP contribution in [0.25, 0.3) is 0 Å². The molecule has 0 aliphatic carbocycles. The number of pyridine rings is 1. The maximum atomic E-state index is 13.4. The monoisotopic (exact) mass is 441 g/mol. The molecule has 31 heavy (non-hydrogen) atoms. The summed E-state index contributed by atoms with van der Waals surface area (Å²) in [5.74, 6) is 0.492. The zero-order valence-electron chi connectivity index (χ0n) is 17.4. The van der Waals surface area contributed by atoms with Crippen LogP contribution in [0.2, 0.25) is 5.02 Å². The second-order valence-corrected chi connectivity index (χ2v) is 8.34. The summed E-state index contributed by atoms with van der Waals surface area (Å²) in [6.45, 7) is 4.71. The third-order valence-electron chi connectivity index (χ3n) is 5.92. The fourth-order valence-electron chi connectivity index (χ4n) is 4.23. The number of benzene rings is 2. The SMILES string of the molecule is Fc1ccc(C(CCCN2CCN(c3ncccc3Cl)CC2)c2ccc(F)cc2)cc1. The van der Waals surface area contributed by atoms with Crippen LogP contribution in [0.3, 0.4) is 0 Å². The lowest BCUT2D eigenvalue weighted by molar-refractivity contribution is 0.251. The first-order valence-electron chi connectivity index (χ1n) is 10.7. The molecule has 1 aliphatic rings. The third-order valence-corrected chi connectivity index (χ3v) is 6.22. The molecule has 1 saturated heterocycles. The van der Waals surface area contributed by atoms with Crippen molar-refractivity contribution in [1.29, 1.82) is 0 Å². The summed E-state index contributed by atoms with van der Waals surface area (Å²) in [6.07, 6.45) is 3.70. The Morgan fingerprint density at radius 1 is 0.839 bits per heavy atom. The van der Waals surface area contributed by atoms with Crippen LogP contribution in [-0.2, 0) is 0 Å². The minimum atomic E-state index is -0.243. The summed E-state index contributed by atoms with van der Waals surface area (Å²) in [6, 6.07) is 17.0. The highest BCUT2D eigenvalue weighted by Gasteiger charge is 2.20. The van der Waals surface area contributed by atoms with E-state index in [1.807, 2.05) is 36.4 Å². The van der Waals surface area contributed by atoms with Gasteiger partial charge >= 0.3 is 0 Å². The van der Waals surface area contributed by atoms with Crippen LogP contribution in [0.5, 0.6) is 0 Å². The average Bonchev–Trinajstić information content (AvgIpc) is 2.79. The van der Waals surface area contributed by atoms with Crippen molar-refractivity contribution in [2.75, 3.05) is 37.6 Å². The first-order chi connectivity index (χ1) is 15.1. The van der Waals surface area contributed by atoms with Crippen LogP contribution in [0.4, 0.5) is 14.6 Å². The standard InChI is InChI=1S/C25H26ClF2N3/c26-24-4-1-13-29-25(24)31-17-15-30(16-18-31)14-2-3-23(19-5-9-21(27)10-6-19)20-7-11-22(28)12-8-20/h1,4-13,23H,2-3,14-18H2. The van der Waals surface area contributed by atoms with Gasteiger partial charge in [0.15, 0.2) is 0 Å². The number of rotatable bonds is 7. The highest BCUT2D eigenvalue weighted by Crippen LogP contribution is 2.30. The van der Waals surface area contributed by atoms with Crippen molar-refractivity contribution in [3.8, 4) is 0 Å². The van der Waals surface area contributed by atoms with Gasteiger partial charge in [-0.3, -0.25) is 4.90 Å². The number of hydrogen-bond donors (Lipinski definition) is 0. The molecule has 2 heterocycles. The summed E-state index contributed by atoms with van der Waals surface area (Å²) in [4.78, 5) is 9.11. The van der Waals surface area contributed by atoms with E-state index in [1.54, 1.807) is 6.20 Å². The van der Waals surface area contributed by atoms with Crippen LogP contribution in [0.15, 0.2) is 66.9 Å². The lowest BCUT2D eigenvalue weighted by atomic mass is 9.87. The number of nitrogens with zero attached hydrogens (tertiary/aromatic N) is 3. The van der Waals surface area contributed by atoms with Crippen molar-refractivity contribution >= 4 is 17.4 Å². The molecule has 3 aromatic rings. The van der Waals surface area contributed by atoms with E-state index in [9.17, 15) is 8.78 Å². The van der Waals surface area contributed by atoms with Gasteiger partial charge in [-0.1, -0.05) is 35.9 Å². The Balaban J connectivity index is 1.34. The predicted octanol–water partition coefficient (Wildman–Crippen LogP) is 5.75. The summed E-state index contributed by atoms with van der Waals surface area (Å²) in [5, 5.41) is 0.692. The fourth-order valence-corrected chi connectivity index (χ4v) is 4.47. The van der Waals surface area contributed by atoms with E-state index in [0.29, 0.717) is 5.02 Å². The van der Waals surface area contributed by atoms with Gasteiger partial charge < -0.3 is 4.90 Å². The first kappa shape index (κ1) is 21.7. The normalized spacial score (nSPS) is 14.9. The third kappa shape index (κ3) is 5.60. The van der Waals surface area contributed by atoms with Crippen LogP contribution in [0.1, 0.15) is 29.9 Å². The zero-order valence-corrected chi connectivity index (χ0v) is 18.1. The van der Waals surface area contributed by atoms with E-state index >= 15 is 0 Å². The average molecular weight is 442 g/mol. The van der Waals surface area contributed by atoms with Gasteiger partial charge in [0.25, 0.3) is 0 Å². The Morgan fingerprint density at radius 3 is 1.97 bits per heavy atom. The Kier molecular flexibility index (Phi) is 7.15. The van der Waals surface area contributed by atoms with Gasteiger partial charge in [-0.15, -0.1) is 0 Å². The quantitative estimate of drug-likeness (QED) is 0.465. The van der Waals surface area contributed by atoms with Crippen LogP contribution in [0, 0.1) is 11.6 Å². The maximum Gasteiger partial charge on any atom is 0.147 e. The Hall–Kier alpha value is -2.50. The second-order valence-electron chi connectivity index (χ2n) is 7.94. The molecule has 0 unspecified atom stereocenters. The highest BCUT2D eigenvalue weighted by atomic mass is 35.5. The van der Waals surface area contributed by atoms with Crippen molar-refractivity contribution < 1.29 is 8.78 Å². The van der Waals surface area contributed by atoms with Gasteiger partial charge in [0.2, 0.25) is 0 Å². The number of hydrogen-bond acceptors (Lipinski definition) is 3. The van der Waals surface area contributed by atoms with Gasteiger partial charge in [-0.2, -0.15) is 0 Å². The van der Waals surface area contributed by atoms with E-state index in [1.165, 1.54) is 24.3 Å². The molecule has 0 N–H and O–H groups in total. The van der Waals surface area contributed by atoms with Crippen molar-refractivity contribution in [3.05, 3.63) is 94.6 Å². The van der Waals surface area contributed by atoms with E-state index in [-0.39, 0.29) is 17.6 Å². The molecule has 1 fully saturated rings. The topological polar surface area (TPSA) is 19.4 Å². The Morgan fingerprint density at radius 2 is 1.42 bits per heavy atom. The second kappa shape index (κ2) is 10.2. The van der Waals surface area contributed by atoms with Gasteiger partial charge in [0.1, 0.15) is 17.5 Å².